The lowest BCUT2D eigenvalue weighted by molar-refractivity contribution is -0.142. The number of amides is 1. The van der Waals surface area contributed by atoms with Gasteiger partial charge in [0.15, 0.2) is 6.61 Å². The molecule has 0 saturated heterocycles. The largest absolute Gasteiger partial charge is 0.482 e. The molecule has 0 bridgehead atoms. The van der Waals surface area contributed by atoms with Crippen LogP contribution in [0.4, 0.5) is 10.5 Å². The number of rotatable bonds is 5. The highest BCUT2D eigenvalue weighted by Crippen LogP contribution is 2.16. The minimum Gasteiger partial charge on any atom is -0.482 e. The third-order valence-corrected chi connectivity index (χ3v) is 2.64. The summed E-state index contributed by atoms with van der Waals surface area (Å²) in [6.45, 7) is -0.167. The number of anilines is 1. The molecule has 0 aliphatic carbocycles. The molecule has 1 amide bonds. The Bertz CT molecular complexity index is 625. The molecule has 0 aromatic heterocycles. The smallest absolute Gasteiger partial charge is 0.417 e. The zero-order valence-corrected chi connectivity index (χ0v) is 11.9. The second-order valence-corrected chi connectivity index (χ2v) is 4.22. The Labute approximate surface area is 127 Å². The molecule has 0 aliphatic rings. The van der Waals surface area contributed by atoms with Crippen molar-refractivity contribution in [3.05, 3.63) is 54.6 Å². The summed E-state index contributed by atoms with van der Waals surface area (Å²) in [6, 6.07) is 15.3. The monoisotopic (exact) mass is 301 g/mol. The van der Waals surface area contributed by atoms with Gasteiger partial charge in [-0.15, -0.1) is 0 Å². The van der Waals surface area contributed by atoms with Crippen molar-refractivity contribution >= 4 is 17.7 Å². The molecular weight excluding hydrogens is 286 g/mol. The van der Waals surface area contributed by atoms with Crippen LogP contribution in [-0.4, -0.2) is 25.8 Å². The van der Waals surface area contributed by atoms with Gasteiger partial charge in [-0.3, -0.25) is 5.32 Å². The summed E-state index contributed by atoms with van der Waals surface area (Å²) in [5.74, 6) is 0.485. The average molecular weight is 301 g/mol. The summed E-state index contributed by atoms with van der Waals surface area (Å²) >= 11 is 0. The SMILES string of the molecule is COC(=O)COc1ccc(NC(=O)Oc2ccccc2)cc1. The van der Waals surface area contributed by atoms with Crippen LogP contribution < -0.4 is 14.8 Å². The maximum absolute atomic E-state index is 11.7. The first-order chi connectivity index (χ1) is 10.7. The van der Waals surface area contributed by atoms with E-state index < -0.39 is 12.1 Å². The van der Waals surface area contributed by atoms with Gasteiger partial charge in [0.05, 0.1) is 7.11 Å². The zero-order chi connectivity index (χ0) is 15.8. The fourth-order valence-corrected chi connectivity index (χ4v) is 1.57. The number of benzene rings is 2. The maximum Gasteiger partial charge on any atom is 0.417 e. The molecule has 1 N–H and O–H groups in total. The number of ether oxygens (including phenoxy) is 3. The lowest BCUT2D eigenvalue weighted by Gasteiger charge is -2.08. The van der Waals surface area contributed by atoms with Crippen molar-refractivity contribution < 1.29 is 23.8 Å². The standard InChI is InChI=1S/C16H15NO5/c1-20-15(18)11-21-13-9-7-12(8-10-13)17-16(19)22-14-5-3-2-4-6-14/h2-10H,11H2,1H3,(H,17,19). The van der Waals surface area contributed by atoms with E-state index in [9.17, 15) is 9.59 Å². The normalized spacial score (nSPS) is 9.68. The molecule has 0 saturated carbocycles. The van der Waals surface area contributed by atoms with E-state index in [1.807, 2.05) is 6.07 Å². The molecule has 2 aromatic rings. The van der Waals surface area contributed by atoms with E-state index in [1.54, 1.807) is 48.5 Å². The molecule has 0 unspecified atom stereocenters. The number of nitrogens with one attached hydrogen (secondary N) is 1. The van der Waals surface area contributed by atoms with Crippen molar-refractivity contribution in [2.24, 2.45) is 0 Å². The minimum absolute atomic E-state index is 0.167. The van der Waals surface area contributed by atoms with Gasteiger partial charge in [0.2, 0.25) is 0 Å². The van der Waals surface area contributed by atoms with Crippen LogP contribution in [0.25, 0.3) is 0 Å². The van der Waals surface area contributed by atoms with Gasteiger partial charge < -0.3 is 14.2 Å². The number of methoxy groups -OCH3 is 1. The molecule has 0 aliphatic heterocycles. The van der Waals surface area contributed by atoms with Gasteiger partial charge in [-0.1, -0.05) is 18.2 Å². The van der Waals surface area contributed by atoms with Crippen LogP contribution in [0, 0.1) is 0 Å². The summed E-state index contributed by atoms with van der Waals surface area (Å²) in [7, 11) is 1.29. The Kier molecular flexibility index (Phi) is 5.37. The number of carbonyl (C=O) groups excluding carboxylic acids is 2. The van der Waals surface area contributed by atoms with Crippen LogP contribution in [0.2, 0.25) is 0 Å². The molecule has 0 spiro atoms. The average Bonchev–Trinajstić information content (AvgIpc) is 2.54. The van der Waals surface area contributed by atoms with Crippen molar-refractivity contribution in [1.82, 2.24) is 0 Å². The summed E-state index contributed by atoms with van der Waals surface area (Å²) in [5.41, 5.74) is 0.548. The molecule has 114 valence electrons. The van der Waals surface area contributed by atoms with Gasteiger partial charge in [-0.2, -0.15) is 0 Å². The minimum atomic E-state index is -0.588. The highest BCUT2D eigenvalue weighted by molar-refractivity contribution is 5.86. The van der Waals surface area contributed by atoms with Gasteiger partial charge in [0, 0.05) is 5.69 Å². The topological polar surface area (TPSA) is 73.9 Å². The fourth-order valence-electron chi connectivity index (χ4n) is 1.57. The predicted octanol–water partition coefficient (Wildman–Crippen LogP) is 2.85. The first-order valence-electron chi connectivity index (χ1n) is 6.51. The van der Waals surface area contributed by atoms with E-state index >= 15 is 0 Å². The van der Waals surface area contributed by atoms with Crippen LogP contribution in [-0.2, 0) is 9.53 Å². The lowest BCUT2D eigenvalue weighted by Crippen LogP contribution is -2.16. The van der Waals surface area contributed by atoms with Crippen molar-refractivity contribution in [2.45, 2.75) is 0 Å². The predicted molar refractivity (Wildman–Crippen MR) is 80.0 cm³/mol. The van der Waals surface area contributed by atoms with Crippen molar-refractivity contribution in [3.8, 4) is 11.5 Å². The Hall–Kier alpha value is -3.02. The molecular formula is C16H15NO5. The number of carbonyl (C=O) groups is 2. The zero-order valence-electron chi connectivity index (χ0n) is 11.9. The maximum atomic E-state index is 11.7. The first-order valence-corrected chi connectivity index (χ1v) is 6.51. The van der Waals surface area contributed by atoms with Crippen LogP contribution in [0.5, 0.6) is 11.5 Å². The first kappa shape index (κ1) is 15.4. The van der Waals surface area contributed by atoms with Gasteiger partial charge in [-0.25, -0.2) is 9.59 Å². The van der Waals surface area contributed by atoms with E-state index in [0.717, 1.165) is 0 Å². The third-order valence-electron chi connectivity index (χ3n) is 2.64. The van der Waals surface area contributed by atoms with Crippen LogP contribution in [0.1, 0.15) is 0 Å². The van der Waals surface area contributed by atoms with Gasteiger partial charge in [0.1, 0.15) is 11.5 Å². The van der Waals surface area contributed by atoms with Gasteiger partial charge in [-0.05, 0) is 36.4 Å². The summed E-state index contributed by atoms with van der Waals surface area (Å²) in [4.78, 5) is 22.6. The number of hydrogen-bond donors (Lipinski definition) is 1. The highest BCUT2D eigenvalue weighted by Gasteiger charge is 2.06. The Balaban J connectivity index is 1.85. The molecule has 2 rings (SSSR count). The van der Waals surface area contributed by atoms with Crippen molar-refractivity contribution in [3.63, 3.8) is 0 Å². The molecule has 0 atom stereocenters. The summed E-state index contributed by atoms with van der Waals surface area (Å²) < 4.78 is 14.8. The molecule has 6 heteroatoms. The third kappa shape index (κ3) is 4.82. The molecule has 0 radical (unpaired) electrons. The van der Waals surface area contributed by atoms with Gasteiger partial charge >= 0.3 is 12.1 Å². The van der Waals surface area contributed by atoms with E-state index in [2.05, 4.69) is 10.1 Å². The van der Waals surface area contributed by atoms with Gasteiger partial charge in [0.25, 0.3) is 0 Å². The van der Waals surface area contributed by atoms with E-state index in [0.29, 0.717) is 17.2 Å². The second-order valence-electron chi connectivity index (χ2n) is 4.22. The Morgan fingerprint density at radius 1 is 0.955 bits per heavy atom. The summed E-state index contributed by atoms with van der Waals surface area (Å²) in [6.07, 6.45) is -0.588. The number of hydrogen-bond acceptors (Lipinski definition) is 5. The van der Waals surface area contributed by atoms with Crippen LogP contribution in [0.3, 0.4) is 0 Å². The van der Waals surface area contributed by atoms with E-state index in [4.69, 9.17) is 9.47 Å². The van der Waals surface area contributed by atoms with E-state index in [1.165, 1.54) is 7.11 Å². The van der Waals surface area contributed by atoms with Crippen LogP contribution in [0.15, 0.2) is 54.6 Å². The highest BCUT2D eigenvalue weighted by atomic mass is 16.6. The molecule has 2 aromatic carbocycles. The lowest BCUT2D eigenvalue weighted by atomic mass is 10.3. The fraction of sp³-hybridized carbons (Fsp3) is 0.125. The van der Waals surface area contributed by atoms with E-state index in [-0.39, 0.29) is 6.61 Å². The van der Waals surface area contributed by atoms with Crippen molar-refractivity contribution in [1.29, 1.82) is 0 Å². The van der Waals surface area contributed by atoms with Crippen LogP contribution >= 0.6 is 0 Å². The second kappa shape index (κ2) is 7.68. The Morgan fingerprint density at radius 3 is 2.27 bits per heavy atom. The molecule has 0 fully saturated rings. The van der Waals surface area contributed by atoms with Crippen molar-refractivity contribution in [2.75, 3.05) is 19.0 Å². The number of para-hydroxylation sites is 1. The molecule has 22 heavy (non-hydrogen) atoms. The quantitative estimate of drug-likeness (QED) is 0.860. The molecule has 6 nitrogen and oxygen atoms in total. The summed E-state index contributed by atoms with van der Waals surface area (Å²) in [5, 5.41) is 2.59. The molecule has 0 heterocycles. The number of esters is 1. The Morgan fingerprint density at radius 2 is 1.64 bits per heavy atom.